The summed E-state index contributed by atoms with van der Waals surface area (Å²) in [5.41, 5.74) is 1.37. The molecule has 0 spiro atoms. The van der Waals surface area contributed by atoms with Crippen LogP contribution in [0, 0.1) is 0 Å². The summed E-state index contributed by atoms with van der Waals surface area (Å²) in [7, 11) is 0. The van der Waals surface area contributed by atoms with Crippen molar-refractivity contribution in [3.8, 4) is 0 Å². The van der Waals surface area contributed by atoms with Crippen LogP contribution in [0.4, 0.5) is 0 Å². The predicted molar refractivity (Wildman–Crippen MR) is 35.7 cm³/mol. The maximum Gasteiger partial charge on any atom is 0.190 e. The molecule has 0 aliphatic carbocycles. The van der Waals surface area contributed by atoms with Crippen LogP contribution in [0.15, 0.2) is 30.5 Å². The molecule has 1 nitrogen and oxygen atoms in total. The summed E-state index contributed by atoms with van der Waals surface area (Å²) in [6, 6.07) is 6.25. The summed E-state index contributed by atoms with van der Waals surface area (Å²) in [5, 5.41) is 0. The second-order valence-electron chi connectivity index (χ2n) is 2.19. The molecule has 0 radical (unpaired) electrons. The van der Waals surface area contributed by atoms with E-state index in [1.54, 1.807) is 0 Å². The summed E-state index contributed by atoms with van der Waals surface area (Å²) in [4.78, 5) is 0. The zero-order valence-corrected chi connectivity index (χ0v) is 5.12. The van der Waals surface area contributed by atoms with E-state index in [9.17, 15) is 0 Å². The van der Waals surface area contributed by atoms with Gasteiger partial charge in [-0.05, 0) is 6.08 Å². The Morgan fingerprint density at radius 2 is 2.33 bits per heavy atom. The quantitative estimate of drug-likeness (QED) is 0.447. The van der Waals surface area contributed by atoms with Gasteiger partial charge in [-0.1, -0.05) is 6.07 Å². The topological polar surface area (TPSA) is 3.88 Å². The van der Waals surface area contributed by atoms with Crippen molar-refractivity contribution in [2.75, 3.05) is 0 Å². The lowest BCUT2D eigenvalue weighted by Gasteiger charge is -1.85. The van der Waals surface area contributed by atoms with Crippen LogP contribution >= 0.6 is 0 Å². The lowest BCUT2D eigenvalue weighted by molar-refractivity contribution is -0.571. The van der Waals surface area contributed by atoms with E-state index >= 15 is 0 Å². The van der Waals surface area contributed by atoms with Crippen LogP contribution in [0.3, 0.4) is 0 Å². The van der Waals surface area contributed by atoms with E-state index in [0.29, 0.717) is 0 Å². The Kier molecular flexibility index (Phi) is 0.890. The zero-order valence-electron chi connectivity index (χ0n) is 5.12. The Morgan fingerprint density at radius 1 is 1.33 bits per heavy atom. The third-order valence-corrected chi connectivity index (χ3v) is 1.57. The monoisotopic (exact) mass is 118 g/mol. The third kappa shape index (κ3) is 0.653. The van der Waals surface area contributed by atoms with Gasteiger partial charge < -0.3 is 0 Å². The number of rotatable bonds is 0. The molecule has 0 aromatic carbocycles. The largest absolute Gasteiger partial charge is 0.190 e. The number of hydrogen-bond donors (Lipinski definition) is 0. The van der Waals surface area contributed by atoms with Crippen molar-refractivity contribution in [2.45, 2.75) is 6.42 Å². The van der Waals surface area contributed by atoms with Gasteiger partial charge in [0.25, 0.3) is 0 Å². The van der Waals surface area contributed by atoms with Crippen LogP contribution < -0.4 is 4.57 Å². The maximum absolute atomic E-state index is 2.16. The van der Waals surface area contributed by atoms with E-state index in [4.69, 9.17) is 0 Å². The first-order valence-electron chi connectivity index (χ1n) is 3.12. The highest BCUT2D eigenvalue weighted by atomic mass is 14.9. The Bertz CT molecular complexity index is 250. The predicted octanol–water partition coefficient (Wildman–Crippen LogP) is 1.00. The molecule has 0 saturated carbocycles. The van der Waals surface area contributed by atoms with E-state index in [1.807, 2.05) is 6.07 Å². The Morgan fingerprint density at radius 3 is 3.22 bits per heavy atom. The number of allylic oxidation sites excluding steroid dienone is 1. The Balaban J connectivity index is 2.63. The minimum absolute atomic E-state index is 1.08. The van der Waals surface area contributed by atoms with E-state index in [2.05, 4.69) is 35.2 Å². The van der Waals surface area contributed by atoms with Crippen molar-refractivity contribution in [3.63, 3.8) is 0 Å². The van der Waals surface area contributed by atoms with Crippen molar-refractivity contribution in [1.29, 1.82) is 0 Å². The van der Waals surface area contributed by atoms with Gasteiger partial charge in [-0.25, -0.2) is 0 Å². The Labute approximate surface area is 54.3 Å². The summed E-state index contributed by atoms with van der Waals surface area (Å²) < 4.78 is 2.14. The molecule has 0 amide bonds. The smallest absolute Gasteiger partial charge is 0.171 e. The average Bonchev–Trinajstić information content (AvgIpc) is 2.33. The highest BCUT2D eigenvalue weighted by molar-refractivity contribution is 5.19. The van der Waals surface area contributed by atoms with Crippen LogP contribution in [-0.2, 0) is 6.42 Å². The third-order valence-electron chi connectivity index (χ3n) is 1.57. The van der Waals surface area contributed by atoms with Crippen LogP contribution in [0.1, 0.15) is 5.69 Å². The van der Waals surface area contributed by atoms with Gasteiger partial charge in [0.05, 0.1) is 6.42 Å². The van der Waals surface area contributed by atoms with Crippen LogP contribution in [0.25, 0.3) is 6.20 Å². The molecular weight excluding hydrogens is 110 g/mol. The molecule has 0 fully saturated rings. The standard InChI is InChI=1S/C8H8N/c1-2-6-9-7-3-5-8(9)4-1/h1-4,6-7H,5H2/q+1. The molecule has 0 bridgehead atoms. The van der Waals surface area contributed by atoms with Gasteiger partial charge in [-0.15, -0.1) is 0 Å². The van der Waals surface area contributed by atoms with Gasteiger partial charge in [-0.2, -0.15) is 4.57 Å². The van der Waals surface area contributed by atoms with E-state index < -0.39 is 0 Å². The highest BCUT2D eigenvalue weighted by Crippen LogP contribution is 1.99. The lowest BCUT2D eigenvalue weighted by Crippen LogP contribution is -2.26. The number of pyridine rings is 1. The number of aromatic nitrogens is 1. The molecule has 44 valence electrons. The van der Waals surface area contributed by atoms with Crippen molar-refractivity contribution in [1.82, 2.24) is 0 Å². The highest BCUT2D eigenvalue weighted by Gasteiger charge is 2.09. The van der Waals surface area contributed by atoms with Crippen molar-refractivity contribution in [3.05, 3.63) is 36.2 Å². The molecule has 0 unspecified atom stereocenters. The molecule has 1 aliphatic heterocycles. The fraction of sp³-hybridized carbons (Fsp3) is 0.125. The van der Waals surface area contributed by atoms with Gasteiger partial charge in [-0.3, -0.25) is 0 Å². The van der Waals surface area contributed by atoms with Gasteiger partial charge in [0.1, 0.15) is 0 Å². The zero-order chi connectivity index (χ0) is 6.10. The van der Waals surface area contributed by atoms with E-state index in [-0.39, 0.29) is 0 Å². The molecule has 9 heavy (non-hydrogen) atoms. The summed E-state index contributed by atoms with van der Waals surface area (Å²) in [6.45, 7) is 0. The molecule has 1 aromatic heterocycles. The van der Waals surface area contributed by atoms with E-state index in [0.717, 1.165) is 6.42 Å². The van der Waals surface area contributed by atoms with Crippen LogP contribution in [0.5, 0.6) is 0 Å². The molecule has 0 N–H and O–H groups in total. The first-order chi connectivity index (χ1) is 4.47. The second kappa shape index (κ2) is 1.69. The first-order valence-corrected chi connectivity index (χ1v) is 3.12. The summed E-state index contributed by atoms with van der Waals surface area (Å²) in [6.07, 6.45) is 7.41. The maximum atomic E-state index is 2.16. The van der Waals surface area contributed by atoms with Crippen molar-refractivity contribution < 1.29 is 4.57 Å². The van der Waals surface area contributed by atoms with Gasteiger partial charge in [0.15, 0.2) is 18.1 Å². The van der Waals surface area contributed by atoms with Gasteiger partial charge >= 0.3 is 0 Å². The molecular formula is C8H8N+. The fourth-order valence-electron chi connectivity index (χ4n) is 1.10. The molecule has 2 rings (SSSR count). The van der Waals surface area contributed by atoms with Crippen LogP contribution in [-0.4, -0.2) is 0 Å². The lowest BCUT2D eigenvalue weighted by atomic mass is 10.3. The average molecular weight is 118 g/mol. The number of nitrogens with zero attached hydrogens (tertiary/aromatic N) is 1. The molecule has 0 atom stereocenters. The SMILES string of the molecule is C1=C[n+]2ccccc2C1. The minimum Gasteiger partial charge on any atom is -0.171 e. The molecule has 0 saturated heterocycles. The molecule has 2 heterocycles. The van der Waals surface area contributed by atoms with Gasteiger partial charge in [0, 0.05) is 12.1 Å². The second-order valence-corrected chi connectivity index (χ2v) is 2.19. The normalized spacial score (nSPS) is 13.8. The minimum atomic E-state index is 1.08. The number of fused-ring (bicyclic) bond motifs is 1. The van der Waals surface area contributed by atoms with Crippen molar-refractivity contribution in [2.24, 2.45) is 0 Å². The first kappa shape index (κ1) is 4.74. The molecule has 1 aliphatic rings. The molecule has 1 aromatic rings. The molecule has 1 heteroatoms. The van der Waals surface area contributed by atoms with E-state index in [1.165, 1.54) is 5.69 Å². The number of hydrogen-bond acceptors (Lipinski definition) is 0. The fourth-order valence-corrected chi connectivity index (χ4v) is 1.10. The summed E-state index contributed by atoms with van der Waals surface area (Å²) >= 11 is 0. The van der Waals surface area contributed by atoms with Crippen molar-refractivity contribution >= 4 is 6.20 Å². The summed E-state index contributed by atoms with van der Waals surface area (Å²) in [5.74, 6) is 0. The Hall–Kier alpha value is -1.11. The van der Waals surface area contributed by atoms with Gasteiger partial charge in [0.2, 0.25) is 0 Å². The van der Waals surface area contributed by atoms with Crippen LogP contribution in [0.2, 0.25) is 0 Å².